The van der Waals surface area contributed by atoms with E-state index < -0.39 is 28.1 Å². The van der Waals surface area contributed by atoms with Gasteiger partial charge in [0, 0.05) is 18.2 Å². The third-order valence-corrected chi connectivity index (χ3v) is 2.74. The molecule has 0 heterocycles. The lowest BCUT2D eigenvalue weighted by Crippen LogP contribution is -2.05. The number of nitro groups is 1. The van der Waals surface area contributed by atoms with Crippen LogP contribution in [0, 0.1) is 27.6 Å². The van der Waals surface area contributed by atoms with Crippen molar-refractivity contribution in [2.24, 2.45) is 0 Å². The minimum atomic E-state index is -1.31. The summed E-state index contributed by atoms with van der Waals surface area (Å²) < 4.78 is 39.3. The summed E-state index contributed by atoms with van der Waals surface area (Å²) in [6.45, 7) is -0.283. The fourth-order valence-corrected chi connectivity index (χ4v) is 1.71. The number of hydrogen-bond acceptors (Lipinski definition) is 4. The minimum Gasteiger partial charge on any atom is -0.508 e. The van der Waals surface area contributed by atoms with E-state index in [0.29, 0.717) is 12.1 Å². The first kappa shape index (κ1) is 14.6. The number of nitrogens with zero attached hydrogens (tertiary/aromatic N) is 1. The molecule has 2 N–H and O–H groups in total. The average molecular weight is 298 g/mol. The first-order valence-electron chi connectivity index (χ1n) is 5.73. The molecule has 0 aliphatic heterocycles. The summed E-state index contributed by atoms with van der Waals surface area (Å²) in [6, 6.07) is 4.42. The van der Waals surface area contributed by atoms with Crippen LogP contribution in [0.1, 0.15) is 5.56 Å². The van der Waals surface area contributed by atoms with E-state index in [1.54, 1.807) is 0 Å². The number of phenols is 1. The highest BCUT2D eigenvalue weighted by atomic mass is 19.2. The van der Waals surface area contributed by atoms with E-state index in [1.807, 2.05) is 0 Å². The highest BCUT2D eigenvalue weighted by molar-refractivity contribution is 5.63. The van der Waals surface area contributed by atoms with Crippen molar-refractivity contribution < 1.29 is 23.2 Å². The van der Waals surface area contributed by atoms with E-state index in [9.17, 15) is 28.4 Å². The molecule has 110 valence electrons. The summed E-state index contributed by atoms with van der Waals surface area (Å²) in [7, 11) is 0. The molecule has 0 atom stereocenters. The van der Waals surface area contributed by atoms with Gasteiger partial charge in [0.05, 0.1) is 11.0 Å². The Balaban J connectivity index is 2.25. The summed E-state index contributed by atoms with van der Waals surface area (Å²) in [6.07, 6.45) is 0. The van der Waals surface area contributed by atoms with Crippen LogP contribution < -0.4 is 5.32 Å². The van der Waals surface area contributed by atoms with Crippen molar-refractivity contribution >= 4 is 11.4 Å². The largest absolute Gasteiger partial charge is 0.508 e. The van der Waals surface area contributed by atoms with Crippen molar-refractivity contribution in [2.75, 3.05) is 5.32 Å². The van der Waals surface area contributed by atoms with Crippen LogP contribution in [0.3, 0.4) is 0 Å². The van der Waals surface area contributed by atoms with Crippen molar-refractivity contribution in [3.05, 3.63) is 63.5 Å². The van der Waals surface area contributed by atoms with Gasteiger partial charge < -0.3 is 10.4 Å². The maximum atomic E-state index is 13.4. The van der Waals surface area contributed by atoms with Crippen LogP contribution in [0.5, 0.6) is 5.75 Å². The normalized spacial score (nSPS) is 10.4. The Labute approximate surface area is 116 Å². The Hall–Kier alpha value is -2.77. The molecular formula is C13H9F3N2O3. The molecule has 0 fully saturated rings. The first-order chi connectivity index (χ1) is 9.88. The van der Waals surface area contributed by atoms with E-state index >= 15 is 0 Å². The van der Waals surface area contributed by atoms with Gasteiger partial charge in [0.1, 0.15) is 17.3 Å². The molecule has 0 aliphatic carbocycles. The smallest absolute Gasteiger partial charge is 0.296 e. The molecule has 0 saturated carbocycles. The maximum absolute atomic E-state index is 13.4. The molecule has 0 saturated heterocycles. The van der Waals surface area contributed by atoms with Gasteiger partial charge in [0.2, 0.25) is 0 Å². The molecule has 0 unspecified atom stereocenters. The topological polar surface area (TPSA) is 75.4 Å². The Morgan fingerprint density at radius 2 is 1.76 bits per heavy atom. The summed E-state index contributed by atoms with van der Waals surface area (Å²) in [5.74, 6) is -3.80. The maximum Gasteiger partial charge on any atom is 0.296 e. The number of aromatic hydroxyl groups is 1. The van der Waals surface area contributed by atoms with Gasteiger partial charge in [-0.25, -0.2) is 13.2 Å². The van der Waals surface area contributed by atoms with Gasteiger partial charge in [-0.2, -0.15) is 0 Å². The fourth-order valence-electron chi connectivity index (χ4n) is 1.71. The molecule has 2 aromatic rings. The summed E-state index contributed by atoms with van der Waals surface area (Å²) in [5, 5.41) is 22.6. The van der Waals surface area contributed by atoms with Crippen LogP contribution >= 0.6 is 0 Å². The Bertz CT molecular complexity index is 707. The monoisotopic (exact) mass is 298 g/mol. The third-order valence-electron chi connectivity index (χ3n) is 2.74. The van der Waals surface area contributed by atoms with Gasteiger partial charge in [-0.3, -0.25) is 10.1 Å². The van der Waals surface area contributed by atoms with Gasteiger partial charge >= 0.3 is 0 Å². The number of halogens is 3. The summed E-state index contributed by atoms with van der Waals surface area (Å²) in [4.78, 5) is 10.1. The summed E-state index contributed by atoms with van der Waals surface area (Å²) in [5.41, 5.74) is -0.587. The van der Waals surface area contributed by atoms with Crippen LogP contribution in [-0.2, 0) is 6.54 Å². The molecule has 8 heteroatoms. The van der Waals surface area contributed by atoms with Crippen molar-refractivity contribution in [1.82, 2.24) is 0 Å². The third kappa shape index (κ3) is 3.22. The average Bonchev–Trinajstić information content (AvgIpc) is 2.42. The zero-order valence-corrected chi connectivity index (χ0v) is 10.4. The quantitative estimate of drug-likeness (QED) is 0.393. The second kappa shape index (κ2) is 5.70. The van der Waals surface area contributed by atoms with Gasteiger partial charge in [0.15, 0.2) is 11.6 Å². The number of nitro benzene ring substituents is 1. The predicted molar refractivity (Wildman–Crippen MR) is 68.4 cm³/mol. The van der Waals surface area contributed by atoms with Crippen LogP contribution in [-0.4, -0.2) is 10.0 Å². The number of nitrogens with one attached hydrogen (secondary N) is 1. The molecule has 0 spiro atoms. The molecule has 2 rings (SSSR count). The number of anilines is 1. The predicted octanol–water partition coefficient (Wildman–Crippen LogP) is 3.33. The number of hydrogen-bond donors (Lipinski definition) is 2. The van der Waals surface area contributed by atoms with E-state index in [1.165, 1.54) is 12.1 Å². The Morgan fingerprint density at radius 3 is 2.43 bits per heavy atom. The number of benzene rings is 2. The van der Waals surface area contributed by atoms with Crippen molar-refractivity contribution in [2.45, 2.75) is 6.54 Å². The van der Waals surface area contributed by atoms with E-state index in [0.717, 1.165) is 6.07 Å². The fraction of sp³-hybridized carbons (Fsp3) is 0.0769. The zero-order valence-electron chi connectivity index (χ0n) is 10.4. The van der Waals surface area contributed by atoms with E-state index in [4.69, 9.17) is 0 Å². The Kier molecular flexibility index (Phi) is 3.97. The second-order valence-electron chi connectivity index (χ2n) is 4.17. The lowest BCUT2D eigenvalue weighted by atomic mass is 10.2. The standard InChI is InChI=1S/C13H9F3N2O3/c14-9-5-11(16)10(15)3-7(9)6-17-12-2-1-8(19)4-13(12)18(20)21/h1-5,17,19H,6H2. The van der Waals surface area contributed by atoms with Crippen LogP contribution in [0.15, 0.2) is 30.3 Å². The van der Waals surface area contributed by atoms with Crippen LogP contribution in [0.2, 0.25) is 0 Å². The van der Waals surface area contributed by atoms with Crippen LogP contribution in [0.25, 0.3) is 0 Å². The van der Waals surface area contributed by atoms with Crippen molar-refractivity contribution in [1.29, 1.82) is 0 Å². The highest BCUT2D eigenvalue weighted by Crippen LogP contribution is 2.29. The molecule has 0 aliphatic rings. The number of phenolic OH excluding ortho intramolecular Hbond substituents is 1. The van der Waals surface area contributed by atoms with Crippen molar-refractivity contribution in [3.63, 3.8) is 0 Å². The molecule has 5 nitrogen and oxygen atoms in total. The molecular weight excluding hydrogens is 289 g/mol. The van der Waals surface area contributed by atoms with Gasteiger partial charge in [-0.05, 0) is 18.2 Å². The number of rotatable bonds is 4. The summed E-state index contributed by atoms with van der Waals surface area (Å²) >= 11 is 0. The molecule has 0 aromatic heterocycles. The SMILES string of the molecule is O=[N+]([O-])c1cc(O)ccc1NCc1cc(F)c(F)cc1F. The minimum absolute atomic E-state index is 0.0157. The van der Waals surface area contributed by atoms with E-state index in [-0.39, 0.29) is 23.5 Å². The first-order valence-corrected chi connectivity index (χ1v) is 5.73. The zero-order chi connectivity index (χ0) is 15.6. The van der Waals surface area contributed by atoms with Gasteiger partial charge in [-0.1, -0.05) is 0 Å². The van der Waals surface area contributed by atoms with Crippen LogP contribution in [0.4, 0.5) is 24.5 Å². The lowest BCUT2D eigenvalue weighted by Gasteiger charge is -2.09. The second-order valence-corrected chi connectivity index (χ2v) is 4.17. The van der Waals surface area contributed by atoms with Gasteiger partial charge in [-0.15, -0.1) is 0 Å². The van der Waals surface area contributed by atoms with E-state index in [2.05, 4.69) is 5.32 Å². The lowest BCUT2D eigenvalue weighted by molar-refractivity contribution is -0.384. The van der Waals surface area contributed by atoms with Gasteiger partial charge in [0.25, 0.3) is 5.69 Å². The molecule has 0 bridgehead atoms. The van der Waals surface area contributed by atoms with Crippen molar-refractivity contribution in [3.8, 4) is 5.75 Å². The highest BCUT2D eigenvalue weighted by Gasteiger charge is 2.16. The molecule has 0 amide bonds. The molecule has 0 radical (unpaired) electrons. The molecule has 2 aromatic carbocycles. The molecule has 21 heavy (non-hydrogen) atoms. The Morgan fingerprint density at radius 1 is 1.10 bits per heavy atom.